The zero-order valence-electron chi connectivity index (χ0n) is 12.1. The van der Waals surface area contributed by atoms with Gasteiger partial charge < -0.3 is 9.47 Å². The van der Waals surface area contributed by atoms with Gasteiger partial charge in [-0.3, -0.25) is 10.1 Å². The summed E-state index contributed by atoms with van der Waals surface area (Å²) in [7, 11) is 1.47. The van der Waals surface area contributed by atoms with Crippen molar-refractivity contribution in [1.29, 1.82) is 0 Å². The molecule has 0 saturated carbocycles. The van der Waals surface area contributed by atoms with Gasteiger partial charge in [-0.2, -0.15) is 12.6 Å². The Bertz CT molecular complexity index is 452. The molecule has 0 fully saturated rings. The molecule has 0 aromatic heterocycles. The van der Waals surface area contributed by atoms with E-state index in [2.05, 4.69) is 26.5 Å². The van der Waals surface area contributed by atoms with Gasteiger partial charge in [0.15, 0.2) is 5.75 Å². The smallest absolute Gasteiger partial charge is 0.314 e. The van der Waals surface area contributed by atoms with E-state index >= 15 is 0 Å². The first-order valence-electron chi connectivity index (χ1n) is 6.58. The molecule has 0 spiro atoms. The Hall–Kier alpha value is -1.43. The van der Waals surface area contributed by atoms with Crippen LogP contribution in [0.3, 0.4) is 0 Å². The van der Waals surface area contributed by atoms with Crippen molar-refractivity contribution in [2.75, 3.05) is 19.5 Å². The largest absolute Gasteiger partial charge is 0.496 e. The lowest BCUT2D eigenvalue weighted by atomic mass is 9.85. The highest BCUT2D eigenvalue weighted by atomic mass is 32.1. The number of rotatable bonds is 8. The van der Waals surface area contributed by atoms with Gasteiger partial charge in [0, 0.05) is 5.41 Å². The third kappa shape index (κ3) is 3.79. The Morgan fingerprint density at radius 1 is 1.35 bits per heavy atom. The van der Waals surface area contributed by atoms with Gasteiger partial charge in [-0.25, -0.2) is 0 Å². The van der Waals surface area contributed by atoms with Crippen LogP contribution in [0.15, 0.2) is 18.2 Å². The standard InChI is InChI=1S/C14H21NO4S/c1-4-14(5-2,10-20)9-19-13-7-6-11(18-3)8-12(13)15(16)17/h6-8,20H,4-5,9-10H2,1-3H3. The van der Waals surface area contributed by atoms with E-state index in [1.165, 1.54) is 13.2 Å². The third-order valence-electron chi connectivity index (χ3n) is 3.73. The molecule has 1 aromatic rings. The van der Waals surface area contributed by atoms with Gasteiger partial charge in [0.05, 0.1) is 24.7 Å². The van der Waals surface area contributed by atoms with Gasteiger partial charge in [0.1, 0.15) is 5.75 Å². The van der Waals surface area contributed by atoms with Crippen LogP contribution in [-0.2, 0) is 0 Å². The molecule has 0 aliphatic carbocycles. The van der Waals surface area contributed by atoms with Crippen molar-refractivity contribution in [3.05, 3.63) is 28.3 Å². The van der Waals surface area contributed by atoms with Crippen LogP contribution in [0.2, 0.25) is 0 Å². The van der Waals surface area contributed by atoms with Crippen LogP contribution in [0.1, 0.15) is 26.7 Å². The molecule has 0 aliphatic rings. The summed E-state index contributed by atoms with van der Waals surface area (Å²) in [6.45, 7) is 4.56. The van der Waals surface area contributed by atoms with Crippen LogP contribution in [0.4, 0.5) is 5.69 Å². The second-order valence-electron chi connectivity index (χ2n) is 4.74. The summed E-state index contributed by atoms with van der Waals surface area (Å²) in [5.74, 6) is 1.39. The van der Waals surface area contributed by atoms with Gasteiger partial charge in [0.25, 0.3) is 0 Å². The predicted octanol–water partition coefficient (Wildman–Crippen LogP) is 3.72. The highest BCUT2D eigenvalue weighted by Crippen LogP contribution is 2.34. The Morgan fingerprint density at radius 2 is 2.00 bits per heavy atom. The fraction of sp³-hybridized carbons (Fsp3) is 0.571. The molecule has 112 valence electrons. The van der Waals surface area contributed by atoms with Crippen LogP contribution >= 0.6 is 12.6 Å². The summed E-state index contributed by atoms with van der Waals surface area (Å²) in [6.07, 6.45) is 1.83. The Labute approximate surface area is 124 Å². The molecule has 0 heterocycles. The molecule has 20 heavy (non-hydrogen) atoms. The summed E-state index contributed by atoms with van der Waals surface area (Å²) in [5, 5.41) is 11.1. The van der Waals surface area contributed by atoms with Crippen molar-refractivity contribution in [3.8, 4) is 11.5 Å². The van der Waals surface area contributed by atoms with Crippen LogP contribution < -0.4 is 9.47 Å². The second-order valence-corrected chi connectivity index (χ2v) is 5.06. The SMILES string of the molecule is CCC(CC)(CS)COc1ccc(OC)cc1[N+](=O)[O-]. The fourth-order valence-corrected chi connectivity index (χ4v) is 2.38. The molecular formula is C14H21NO4S. The maximum absolute atomic E-state index is 11.1. The van der Waals surface area contributed by atoms with Gasteiger partial charge >= 0.3 is 5.69 Å². The van der Waals surface area contributed by atoms with Crippen molar-refractivity contribution in [2.45, 2.75) is 26.7 Å². The first-order valence-corrected chi connectivity index (χ1v) is 7.21. The predicted molar refractivity (Wildman–Crippen MR) is 82.0 cm³/mol. The van der Waals surface area contributed by atoms with Crippen molar-refractivity contribution in [1.82, 2.24) is 0 Å². The molecule has 0 unspecified atom stereocenters. The van der Waals surface area contributed by atoms with Crippen LogP contribution in [0.5, 0.6) is 11.5 Å². The van der Waals surface area contributed by atoms with Crippen molar-refractivity contribution < 1.29 is 14.4 Å². The van der Waals surface area contributed by atoms with E-state index in [0.717, 1.165) is 12.8 Å². The van der Waals surface area contributed by atoms with Crippen LogP contribution in [0, 0.1) is 15.5 Å². The maximum Gasteiger partial charge on any atom is 0.314 e. The Kier molecular flexibility index (Phi) is 6.13. The van der Waals surface area contributed by atoms with E-state index in [0.29, 0.717) is 18.1 Å². The lowest BCUT2D eigenvalue weighted by Gasteiger charge is -2.29. The summed E-state index contributed by atoms with van der Waals surface area (Å²) < 4.78 is 10.7. The maximum atomic E-state index is 11.1. The molecule has 0 bridgehead atoms. The van der Waals surface area contributed by atoms with E-state index < -0.39 is 4.92 Å². The highest BCUT2D eigenvalue weighted by molar-refractivity contribution is 7.80. The molecule has 5 nitrogen and oxygen atoms in total. The van der Waals surface area contributed by atoms with Gasteiger partial charge in [0.2, 0.25) is 0 Å². The van der Waals surface area contributed by atoms with Gasteiger partial charge in [-0.15, -0.1) is 0 Å². The quantitative estimate of drug-likeness (QED) is 0.451. The van der Waals surface area contributed by atoms with E-state index in [-0.39, 0.29) is 16.9 Å². The number of hydrogen-bond acceptors (Lipinski definition) is 5. The molecule has 0 amide bonds. The average Bonchev–Trinajstić information content (AvgIpc) is 2.49. The summed E-state index contributed by atoms with van der Waals surface area (Å²) in [6, 6.07) is 4.60. The van der Waals surface area contributed by atoms with Gasteiger partial charge in [-0.1, -0.05) is 13.8 Å². The normalized spacial score (nSPS) is 11.2. The number of nitro groups is 1. The zero-order valence-corrected chi connectivity index (χ0v) is 13.0. The number of thiol groups is 1. The number of hydrogen-bond donors (Lipinski definition) is 1. The monoisotopic (exact) mass is 299 g/mol. The molecule has 0 aliphatic heterocycles. The van der Waals surface area contributed by atoms with Crippen molar-refractivity contribution in [3.63, 3.8) is 0 Å². The minimum atomic E-state index is -0.460. The fourth-order valence-electron chi connectivity index (χ4n) is 1.84. The minimum Gasteiger partial charge on any atom is -0.496 e. The molecule has 0 atom stereocenters. The summed E-state index contributed by atoms with van der Waals surface area (Å²) in [5.41, 5.74) is -0.138. The molecule has 1 aromatic carbocycles. The van der Waals surface area contributed by atoms with E-state index in [4.69, 9.17) is 9.47 Å². The zero-order chi connectivity index (χ0) is 15.2. The minimum absolute atomic E-state index is 0.0586. The first kappa shape index (κ1) is 16.6. The van der Waals surface area contributed by atoms with Crippen molar-refractivity contribution >= 4 is 18.3 Å². The number of nitro benzene ring substituents is 1. The molecule has 1 rings (SSSR count). The van der Waals surface area contributed by atoms with E-state index in [9.17, 15) is 10.1 Å². The first-order chi connectivity index (χ1) is 9.51. The van der Waals surface area contributed by atoms with Crippen LogP contribution in [-0.4, -0.2) is 24.4 Å². The van der Waals surface area contributed by atoms with Crippen molar-refractivity contribution in [2.24, 2.45) is 5.41 Å². The lowest BCUT2D eigenvalue weighted by molar-refractivity contribution is -0.386. The summed E-state index contributed by atoms with van der Waals surface area (Å²) >= 11 is 4.37. The Balaban J connectivity index is 2.94. The second kappa shape index (κ2) is 7.38. The number of nitrogens with zero attached hydrogens (tertiary/aromatic N) is 1. The van der Waals surface area contributed by atoms with E-state index in [1.54, 1.807) is 12.1 Å². The average molecular weight is 299 g/mol. The number of ether oxygens (including phenoxy) is 2. The number of methoxy groups -OCH3 is 1. The molecular weight excluding hydrogens is 278 g/mol. The Morgan fingerprint density at radius 3 is 2.45 bits per heavy atom. The topological polar surface area (TPSA) is 61.6 Å². The molecule has 0 N–H and O–H groups in total. The summed E-state index contributed by atoms with van der Waals surface area (Å²) in [4.78, 5) is 10.6. The van der Waals surface area contributed by atoms with Crippen LogP contribution in [0.25, 0.3) is 0 Å². The molecule has 0 saturated heterocycles. The molecule has 0 radical (unpaired) electrons. The number of benzene rings is 1. The lowest BCUT2D eigenvalue weighted by Crippen LogP contribution is -2.29. The molecule has 6 heteroatoms. The van der Waals surface area contributed by atoms with E-state index in [1.807, 2.05) is 0 Å². The highest BCUT2D eigenvalue weighted by Gasteiger charge is 2.27. The third-order valence-corrected chi connectivity index (χ3v) is 4.40. The van der Waals surface area contributed by atoms with Gasteiger partial charge in [-0.05, 0) is 30.7 Å².